The Kier molecular flexibility index (Phi) is 3.13. The summed E-state index contributed by atoms with van der Waals surface area (Å²) < 4.78 is 6.54. The van der Waals surface area contributed by atoms with Crippen LogP contribution < -0.4 is 5.32 Å². The average Bonchev–Trinajstić information content (AvgIpc) is 2.35. The van der Waals surface area contributed by atoms with E-state index in [1.807, 2.05) is 0 Å². The third kappa shape index (κ3) is 2.45. The van der Waals surface area contributed by atoms with Gasteiger partial charge in [-0.15, -0.1) is 0 Å². The number of nitrogens with zero attached hydrogens (tertiary/aromatic N) is 1. The van der Waals surface area contributed by atoms with Crippen LogP contribution in [0, 0.1) is 17.8 Å². The zero-order valence-corrected chi connectivity index (χ0v) is 12.2. The van der Waals surface area contributed by atoms with E-state index in [4.69, 9.17) is 4.74 Å². The SMILES string of the molecule is CN1CCNC(COC23CC4CC(CC(C4)C2)C3)C1. The van der Waals surface area contributed by atoms with E-state index < -0.39 is 0 Å². The van der Waals surface area contributed by atoms with Crippen LogP contribution in [0.3, 0.4) is 0 Å². The molecule has 1 atom stereocenters. The van der Waals surface area contributed by atoms with E-state index in [-0.39, 0.29) is 5.60 Å². The van der Waals surface area contributed by atoms with Crippen molar-refractivity contribution in [1.29, 1.82) is 0 Å². The van der Waals surface area contributed by atoms with Gasteiger partial charge in [-0.1, -0.05) is 0 Å². The molecule has 3 nitrogen and oxygen atoms in total. The molecule has 4 aliphatic carbocycles. The van der Waals surface area contributed by atoms with Crippen LogP contribution in [0.2, 0.25) is 0 Å². The lowest BCUT2D eigenvalue weighted by atomic mass is 9.54. The third-order valence-corrected chi connectivity index (χ3v) is 6.03. The van der Waals surface area contributed by atoms with E-state index in [9.17, 15) is 0 Å². The molecule has 0 aromatic heterocycles. The van der Waals surface area contributed by atoms with Crippen molar-refractivity contribution in [1.82, 2.24) is 10.2 Å². The highest BCUT2D eigenvalue weighted by Crippen LogP contribution is 2.57. The van der Waals surface area contributed by atoms with Crippen molar-refractivity contribution in [2.24, 2.45) is 17.8 Å². The molecule has 0 aromatic rings. The molecule has 5 fully saturated rings. The summed E-state index contributed by atoms with van der Waals surface area (Å²) in [5.74, 6) is 2.98. The number of nitrogens with one attached hydrogen (secondary N) is 1. The number of rotatable bonds is 3. The van der Waals surface area contributed by atoms with E-state index in [2.05, 4.69) is 17.3 Å². The first-order valence-corrected chi connectivity index (χ1v) is 8.27. The summed E-state index contributed by atoms with van der Waals surface area (Å²) >= 11 is 0. The average molecular weight is 264 g/mol. The molecule has 0 amide bonds. The van der Waals surface area contributed by atoms with E-state index in [1.54, 1.807) is 0 Å². The molecule has 0 radical (unpaired) electrons. The van der Waals surface area contributed by atoms with E-state index in [1.165, 1.54) is 45.1 Å². The van der Waals surface area contributed by atoms with Gasteiger partial charge in [-0.3, -0.25) is 0 Å². The van der Waals surface area contributed by atoms with Gasteiger partial charge in [0.05, 0.1) is 12.2 Å². The Morgan fingerprint density at radius 1 is 1.11 bits per heavy atom. The Morgan fingerprint density at radius 3 is 2.32 bits per heavy atom. The molecule has 108 valence electrons. The monoisotopic (exact) mass is 264 g/mol. The van der Waals surface area contributed by atoms with Crippen LogP contribution in [0.25, 0.3) is 0 Å². The maximum Gasteiger partial charge on any atom is 0.0691 e. The number of piperazine rings is 1. The van der Waals surface area contributed by atoms with Gasteiger partial charge in [0.1, 0.15) is 0 Å². The smallest absolute Gasteiger partial charge is 0.0691 e. The molecule has 1 unspecified atom stereocenters. The van der Waals surface area contributed by atoms with E-state index in [0.29, 0.717) is 6.04 Å². The quantitative estimate of drug-likeness (QED) is 0.842. The summed E-state index contributed by atoms with van der Waals surface area (Å²) in [6.45, 7) is 4.36. The van der Waals surface area contributed by atoms with E-state index in [0.717, 1.165) is 37.5 Å². The minimum absolute atomic E-state index is 0.284. The predicted octanol–water partition coefficient (Wildman–Crippen LogP) is 1.88. The molecule has 0 spiro atoms. The largest absolute Gasteiger partial charge is 0.373 e. The van der Waals surface area contributed by atoms with Gasteiger partial charge in [-0.05, 0) is 63.3 Å². The molecule has 3 heteroatoms. The van der Waals surface area contributed by atoms with Crippen LogP contribution in [0.15, 0.2) is 0 Å². The lowest BCUT2D eigenvalue weighted by molar-refractivity contribution is -0.167. The van der Waals surface area contributed by atoms with Gasteiger partial charge in [0.15, 0.2) is 0 Å². The van der Waals surface area contributed by atoms with Gasteiger partial charge in [-0.2, -0.15) is 0 Å². The first-order valence-electron chi connectivity index (χ1n) is 8.27. The standard InChI is InChI=1S/C16H28N2O/c1-18-3-2-17-15(10-18)11-19-16-7-12-4-13(8-16)6-14(5-12)9-16/h12-15,17H,2-11H2,1H3. The number of likely N-dealkylation sites (N-methyl/N-ethyl adjacent to an activating group) is 1. The van der Waals surface area contributed by atoms with Crippen LogP contribution >= 0.6 is 0 Å². The van der Waals surface area contributed by atoms with Crippen molar-refractivity contribution in [2.75, 3.05) is 33.3 Å². The van der Waals surface area contributed by atoms with Crippen molar-refractivity contribution in [3.8, 4) is 0 Å². The highest BCUT2D eigenvalue weighted by atomic mass is 16.5. The molecule has 4 bridgehead atoms. The van der Waals surface area contributed by atoms with Gasteiger partial charge >= 0.3 is 0 Å². The first kappa shape index (κ1) is 12.6. The molecule has 1 saturated heterocycles. The molecule has 19 heavy (non-hydrogen) atoms. The van der Waals surface area contributed by atoms with Gasteiger partial charge in [0, 0.05) is 25.7 Å². The molecule has 5 rings (SSSR count). The number of hydrogen-bond acceptors (Lipinski definition) is 3. The number of ether oxygens (including phenoxy) is 1. The zero-order valence-electron chi connectivity index (χ0n) is 12.2. The highest BCUT2D eigenvalue weighted by molar-refractivity contribution is 5.03. The second kappa shape index (κ2) is 4.71. The second-order valence-electron chi connectivity index (χ2n) is 7.82. The van der Waals surface area contributed by atoms with Crippen molar-refractivity contribution >= 4 is 0 Å². The Bertz CT molecular complexity index is 308. The van der Waals surface area contributed by atoms with Gasteiger partial charge in [-0.25, -0.2) is 0 Å². The molecule has 1 heterocycles. The molecule has 1 aliphatic heterocycles. The van der Waals surface area contributed by atoms with Crippen LogP contribution in [0.1, 0.15) is 38.5 Å². The fraction of sp³-hybridized carbons (Fsp3) is 1.00. The summed E-state index contributed by atoms with van der Waals surface area (Å²) in [5.41, 5.74) is 0.284. The summed E-state index contributed by atoms with van der Waals surface area (Å²) in [6, 6.07) is 0.548. The van der Waals surface area contributed by atoms with Crippen molar-refractivity contribution in [3.63, 3.8) is 0 Å². The molecule has 4 saturated carbocycles. The second-order valence-corrected chi connectivity index (χ2v) is 7.82. The third-order valence-electron chi connectivity index (χ3n) is 6.03. The molecule has 1 N–H and O–H groups in total. The Labute approximate surface area is 117 Å². The van der Waals surface area contributed by atoms with Gasteiger partial charge in [0.25, 0.3) is 0 Å². The molecule has 5 aliphatic rings. The minimum Gasteiger partial charge on any atom is -0.373 e. The minimum atomic E-state index is 0.284. The van der Waals surface area contributed by atoms with Crippen molar-refractivity contribution in [2.45, 2.75) is 50.2 Å². The fourth-order valence-electron chi connectivity index (χ4n) is 5.59. The topological polar surface area (TPSA) is 24.5 Å². The summed E-state index contributed by atoms with van der Waals surface area (Å²) in [7, 11) is 2.22. The first-order chi connectivity index (χ1) is 9.21. The van der Waals surface area contributed by atoms with Crippen molar-refractivity contribution in [3.05, 3.63) is 0 Å². The molecular weight excluding hydrogens is 236 g/mol. The Balaban J connectivity index is 1.37. The van der Waals surface area contributed by atoms with Gasteiger partial charge < -0.3 is 15.0 Å². The maximum atomic E-state index is 6.54. The van der Waals surface area contributed by atoms with Crippen LogP contribution in [0.5, 0.6) is 0 Å². The maximum absolute atomic E-state index is 6.54. The van der Waals surface area contributed by atoms with Crippen LogP contribution in [-0.4, -0.2) is 49.8 Å². The lowest BCUT2D eigenvalue weighted by Gasteiger charge is -2.56. The molecule has 0 aromatic carbocycles. The fourth-order valence-corrected chi connectivity index (χ4v) is 5.59. The van der Waals surface area contributed by atoms with E-state index >= 15 is 0 Å². The van der Waals surface area contributed by atoms with Gasteiger partial charge in [0.2, 0.25) is 0 Å². The summed E-state index contributed by atoms with van der Waals surface area (Å²) in [5, 5.41) is 3.62. The predicted molar refractivity (Wildman–Crippen MR) is 76.1 cm³/mol. The number of hydrogen-bond donors (Lipinski definition) is 1. The van der Waals surface area contributed by atoms with Crippen molar-refractivity contribution < 1.29 is 4.74 Å². The zero-order chi connectivity index (χ0) is 12.9. The summed E-state index contributed by atoms with van der Waals surface area (Å²) in [6.07, 6.45) is 8.61. The highest BCUT2D eigenvalue weighted by Gasteiger charge is 2.51. The summed E-state index contributed by atoms with van der Waals surface area (Å²) in [4.78, 5) is 2.42. The van der Waals surface area contributed by atoms with Crippen LogP contribution in [-0.2, 0) is 4.74 Å². The Morgan fingerprint density at radius 2 is 1.74 bits per heavy atom. The Hall–Kier alpha value is -0.120. The molecular formula is C16H28N2O. The lowest BCUT2D eigenvalue weighted by Crippen LogP contribution is -2.56. The normalized spacial score (nSPS) is 49.7. The van der Waals surface area contributed by atoms with Crippen LogP contribution in [0.4, 0.5) is 0 Å².